The smallest absolute Gasteiger partial charge is 0.303 e. The molecular weight excluding hydrogens is 329 g/mol. The van der Waals surface area contributed by atoms with Gasteiger partial charge in [-0.3, -0.25) is 9.79 Å². The Morgan fingerprint density at radius 1 is 1.27 bits per heavy atom. The van der Waals surface area contributed by atoms with Gasteiger partial charge in [0.15, 0.2) is 0 Å². The van der Waals surface area contributed by atoms with E-state index in [0.29, 0.717) is 29.5 Å². The lowest BCUT2D eigenvalue weighted by Crippen LogP contribution is -2.26. The zero-order valence-electron chi connectivity index (χ0n) is 16.5. The highest BCUT2D eigenvalue weighted by Crippen LogP contribution is 2.33. The van der Waals surface area contributed by atoms with Gasteiger partial charge in [0, 0.05) is 5.71 Å². The van der Waals surface area contributed by atoms with E-state index in [1.807, 2.05) is 13.8 Å². The van der Waals surface area contributed by atoms with Crippen molar-refractivity contribution >= 4 is 17.4 Å². The number of carboxylic acid groups (broad SMARTS) is 1. The van der Waals surface area contributed by atoms with Crippen molar-refractivity contribution in [3.05, 3.63) is 41.7 Å². The molecule has 1 aromatic carbocycles. The zero-order chi connectivity index (χ0) is 19.7. The third-order valence-corrected chi connectivity index (χ3v) is 4.90. The molecule has 1 aliphatic rings. The fraction of sp³-hybridized carbons (Fsp3) is 0.545. The van der Waals surface area contributed by atoms with Gasteiger partial charge in [0.25, 0.3) is 0 Å². The van der Waals surface area contributed by atoms with Gasteiger partial charge in [-0.15, -0.1) is 0 Å². The highest BCUT2D eigenvalue weighted by atomic mass is 19.1. The Labute approximate surface area is 157 Å². The van der Waals surface area contributed by atoms with Crippen LogP contribution in [0.25, 0.3) is 5.70 Å². The van der Waals surface area contributed by atoms with Crippen LogP contribution >= 0.6 is 0 Å². The topological polar surface area (TPSA) is 49.7 Å². The minimum absolute atomic E-state index is 0.0811. The van der Waals surface area contributed by atoms with Crippen LogP contribution in [0.1, 0.15) is 70.4 Å². The molecule has 0 aromatic heterocycles. The number of hydrogen-bond donors (Lipinski definition) is 1. The van der Waals surface area contributed by atoms with Gasteiger partial charge in [0.2, 0.25) is 0 Å². The summed E-state index contributed by atoms with van der Waals surface area (Å²) >= 11 is 0. The molecule has 0 bridgehead atoms. The molecule has 1 saturated carbocycles. The number of benzene rings is 1. The molecule has 1 aliphatic carbocycles. The summed E-state index contributed by atoms with van der Waals surface area (Å²) in [5.74, 6) is -0.234. The first-order valence-electron chi connectivity index (χ1n) is 9.63. The minimum atomic E-state index is -0.811. The van der Waals surface area contributed by atoms with Crippen LogP contribution in [-0.4, -0.2) is 16.8 Å². The van der Waals surface area contributed by atoms with Crippen LogP contribution in [0, 0.1) is 24.6 Å². The number of hydrogen-bond acceptors (Lipinski definition) is 2. The van der Waals surface area contributed by atoms with E-state index >= 15 is 0 Å². The summed E-state index contributed by atoms with van der Waals surface area (Å²) in [6.45, 7) is 12.0. The molecule has 0 spiro atoms. The highest BCUT2D eigenvalue weighted by molar-refractivity contribution is 5.93. The largest absolute Gasteiger partial charge is 0.481 e. The quantitative estimate of drug-likeness (QED) is 0.608. The second-order valence-corrected chi connectivity index (χ2v) is 6.78. The van der Waals surface area contributed by atoms with E-state index in [1.165, 1.54) is 12.5 Å². The molecule has 1 N–H and O–H groups in total. The van der Waals surface area contributed by atoms with E-state index < -0.39 is 5.97 Å². The van der Waals surface area contributed by atoms with Crippen molar-refractivity contribution in [2.45, 2.75) is 66.2 Å². The Bertz CT molecular complexity index is 652. The van der Waals surface area contributed by atoms with E-state index in [0.717, 1.165) is 30.5 Å². The van der Waals surface area contributed by atoms with Gasteiger partial charge in [-0.25, -0.2) is 4.39 Å². The van der Waals surface area contributed by atoms with Crippen molar-refractivity contribution in [2.75, 3.05) is 0 Å². The Hall–Kier alpha value is -1.97. The Kier molecular flexibility index (Phi) is 9.25. The van der Waals surface area contributed by atoms with Gasteiger partial charge < -0.3 is 5.11 Å². The first-order chi connectivity index (χ1) is 12.4. The van der Waals surface area contributed by atoms with Crippen LogP contribution in [0.15, 0.2) is 29.8 Å². The van der Waals surface area contributed by atoms with E-state index in [1.54, 1.807) is 19.1 Å². The van der Waals surface area contributed by atoms with Gasteiger partial charge in [-0.2, -0.15) is 0 Å². The molecule has 0 radical (unpaired) electrons. The maximum atomic E-state index is 13.4. The van der Waals surface area contributed by atoms with Crippen molar-refractivity contribution in [1.82, 2.24) is 0 Å². The van der Waals surface area contributed by atoms with Crippen LogP contribution in [0.5, 0.6) is 0 Å². The van der Waals surface area contributed by atoms with E-state index in [4.69, 9.17) is 10.1 Å². The normalized spacial score (nSPS) is 20.1. The van der Waals surface area contributed by atoms with E-state index in [2.05, 4.69) is 13.5 Å². The number of nitrogens with zero attached hydrogens (tertiary/aromatic N) is 1. The average molecular weight is 362 g/mol. The van der Waals surface area contributed by atoms with Crippen molar-refractivity contribution < 1.29 is 14.3 Å². The molecule has 0 heterocycles. The van der Waals surface area contributed by atoms with E-state index in [-0.39, 0.29) is 12.2 Å². The maximum absolute atomic E-state index is 13.4. The standard InChI is InChI=1S/C20H26FNO2.C2H6/c1-13-6-4-5-7-17(13)19(10-11-20(23)24)22-15(3)16-8-9-18(21)14(2)12-16;1-2/h8-9,12-13,17H,3-7,10-11H2,1-2H3,(H,23,24);1-2H3. The van der Waals surface area contributed by atoms with Crippen molar-refractivity contribution in [2.24, 2.45) is 16.8 Å². The lowest BCUT2D eigenvalue weighted by Gasteiger charge is -2.30. The second kappa shape index (κ2) is 10.9. The monoisotopic (exact) mass is 361 g/mol. The van der Waals surface area contributed by atoms with Crippen molar-refractivity contribution in [1.29, 1.82) is 0 Å². The number of carbonyl (C=O) groups is 1. The van der Waals surface area contributed by atoms with Crippen molar-refractivity contribution in [3.8, 4) is 0 Å². The fourth-order valence-electron chi connectivity index (χ4n) is 3.43. The number of aryl methyl sites for hydroxylation is 1. The number of halogens is 1. The summed E-state index contributed by atoms with van der Waals surface area (Å²) in [4.78, 5) is 15.7. The summed E-state index contributed by atoms with van der Waals surface area (Å²) in [7, 11) is 0. The predicted octanol–water partition coefficient (Wildman–Crippen LogP) is 6.26. The highest BCUT2D eigenvalue weighted by Gasteiger charge is 2.26. The fourth-order valence-corrected chi connectivity index (χ4v) is 3.43. The summed E-state index contributed by atoms with van der Waals surface area (Å²) in [5, 5.41) is 9.03. The Morgan fingerprint density at radius 2 is 1.92 bits per heavy atom. The van der Waals surface area contributed by atoms with Crippen LogP contribution in [-0.2, 0) is 4.79 Å². The third-order valence-electron chi connectivity index (χ3n) is 4.90. The molecule has 144 valence electrons. The van der Waals surface area contributed by atoms with Gasteiger partial charge in [-0.05, 0) is 60.9 Å². The average Bonchev–Trinajstić information content (AvgIpc) is 2.63. The molecule has 2 atom stereocenters. The van der Waals surface area contributed by atoms with Crippen LogP contribution in [0.3, 0.4) is 0 Å². The molecule has 1 fully saturated rings. The summed E-state index contributed by atoms with van der Waals surface area (Å²) in [5.41, 5.74) is 2.85. The molecule has 4 heteroatoms. The maximum Gasteiger partial charge on any atom is 0.303 e. The van der Waals surface area contributed by atoms with Gasteiger partial charge >= 0.3 is 5.97 Å². The van der Waals surface area contributed by atoms with Crippen LogP contribution in [0.2, 0.25) is 0 Å². The first-order valence-corrected chi connectivity index (χ1v) is 9.63. The lowest BCUT2D eigenvalue weighted by molar-refractivity contribution is -0.136. The molecule has 0 saturated heterocycles. The molecule has 1 aromatic rings. The third kappa shape index (κ3) is 6.40. The Balaban J connectivity index is 0.00000163. The number of aliphatic imine (C=N–C) groups is 1. The number of rotatable bonds is 6. The van der Waals surface area contributed by atoms with Crippen LogP contribution in [0.4, 0.5) is 4.39 Å². The molecule has 2 rings (SSSR count). The Morgan fingerprint density at radius 3 is 2.50 bits per heavy atom. The molecule has 0 amide bonds. The van der Waals surface area contributed by atoms with Gasteiger partial charge in [0.1, 0.15) is 5.82 Å². The van der Waals surface area contributed by atoms with Crippen LogP contribution < -0.4 is 0 Å². The van der Waals surface area contributed by atoms with Gasteiger partial charge in [-0.1, -0.05) is 46.6 Å². The van der Waals surface area contributed by atoms with Crippen molar-refractivity contribution in [3.63, 3.8) is 0 Å². The first kappa shape index (κ1) is 22.1. The number of carboxylic acids is 1. The summed E-state index contributed by atoms with van der Waals surface area (Å²) in [6, 6.07) is 4.83. The number of aliphatic carboxylic acids is 1. The second-order valence-electron chi connectivity index (χ2n) is 6.78. The molecule has 26 heavy (non-hydrogen) atoms. The lowest BCUT2D eigenvalue weighted by atomic mass is 9.76. The molecule has 3 nitrogen and oxygen atoms in total. The molecule has 2 unspecified atom stereocenters. The summed E-state index contributed by atoms with van der Waals surface area (Å²) in [6.07, 6.45) is 5.11. The molecular formula is C22H32FNO2. The SMILES string of the molecule is C=C(N=C(CCC(=O)O)C1CCCCC1C)c1ccc(F)c(C)c1.CC. The van der Waals surface area contributed by atoms with Gasteiger partial charge in [0.05, 0.1) is 12.1 Å². The predicted molar refractivity (Wildman–Crippen MR) is 107 cm³/mol. The summed E-state index contributed by atoms with van der Waals surface area (Å²) < 4.78 is 13.4. The zero-order valence-corrected chi connectivity index (χ0v) is 16.5. The molecule has 0 aliphatic heterocycles. The van der Waals surface area contributed by atoms with E-state index in [9.17, 15) is 9.18 Å². The minimum Gasteiger partial charge on any atom is -0.481 e.